The summed E-state index contributed by atoms with van der Waals surface area (Å²) in [5.41, 5.74) is 0. The van der Waals surface area contributed by atoms with Crippen molar-refractivity contribution in [2.75, 3.05) is 19.8 Å². The summed E-state index contributed by atoms with van der Waals surface area (Å²) in [7, 11) is 0. The number of ether oxygens (including phenoxy) is 2. The first-order valence-electron chi connectivity index (χ1n) is 5.45. The first-order valence-corrected chi connectivity index (χ1v) is 6.21. The van der Waals surface area contributed by atoms with Gasteiger partial charge < -0.3 is 14.8 Å². The Bertz CT molecular complexity index is 230. The lowest BCUT2D eigenvalue weighted by atomic mass is 10.2. The minimum Gasteiger partial charge on any atom is -0.351 e. The van der Waals surface area contributed by atoms with Crippen LogP contribution in [0.3, 0.4) is 0 Å². The molecule has 0 aromatic rings. The summed E-state index contributed by atoms with van der Waals surface area (Å²) < 4.78 is 9.20. The van der Waals surface area contributed by atoms with Gasteiger partial charge in [-0.2, -0.15) is 0 Å². The van der Waals surface area contributed by atoms with Gasteiger partial charge >= 0.3 is 0 Å². The predicted molar refractivity (Wildman–Crippen MR) is 62.7 cm³/mol. The highest BCUT2D eigenvalue weighted by Gasteiger charge is 2.32. The van der Waals surface area contributed by atoms with Crippen LogP contribution in [0.15, 0.2) is 0 Å². The van der Waals surface area contributed by atoms with Gasteiger partial charge in [-0.15, -0.1) is 0 Å². The van der Waals surface area contributed by atoms with Gasteiger partial charge in [0.05, 0.1) is 19.8 Å². The molecule has 0 unspecified atom stereocenters. The molecular formula is C10H17Cl2NO3. The second-order valence-electron chi connectivity index (χ2n) is 3.69. The van der Waals surface area contributed by atoms with Crippen LogP contribution in [0.4, 0.5) is 0 Å². The Labute approximate surface area is 106 Å². The Hall–Kier alpha value is -0.0300. The average Bonchev–Trinajstić information content (AvgIpc) is 2.27. The number of carbonyl (C=O) groups is 1. The van der Waals surface area contributed by atoms with E-state index in [0.29, 0.717) is 19.6 Å². The number of hydrogen-bond donors (Lipinski definition) is 1. The van der Waals surface area contributed by atoms with Crippen molar-refractivity contribution in [3.8, 4) is 0 Å². The minimum absolute atomic E-state index is 0.281. The maximum atomic E-state index is 11.6. The van der Waals surface area contributed by atoms with E-state index in [2.05, 4.69) is 5.32 Å². The SMILES string of the molecule is CCCC(Cl)(Cl)C(=O)NCC1OCCCO1. The van der Waals surface area contributed by atoms with Crippen molar-refractivity contribution in [2.24, 2.45) is 0 Å². The molecule has 0 aromatic heterocycles. The fourth-order valence-corrected chi connectivity index (χ4v) is 1.90. The van der Waals surface area contributed by atoms with E-state index in [-0.39, 0.29) is 12.8 Å². The van der Waals surface area contributed by atoms with E-state index < -0.39 is 10.2 Å². The Kier molecular flexibility index (Phi) is 5.83. The highest BCUT2D eigenvalue weighted by Crippen LogP contribution is 2.26. The molecule has 1 aliphatic rings. The Balaban J connectivity index is 2.28. The maximum Gasteiger partial charge on any atom is 0.256 e. The third-order valence-corrected chi connectivity index (χ3v) is 2.94. The summed E-state index contributed by atoms with van der Waals surface area (Å²) in [6.07, 6.45) is 1.67. The number of hydrogen-bond acceptors (Lipinski definition) is 3. The molecule has 16 heavy (non-hydrogen) atoms. The van der Waals surface area contributed by atoms with E-state index in [0.717, 1.165) is 12.8 Å². The summed E-state index contributed by atoms with van der Waals surface area (Å²) in [6.45, 7) is 3.51. The van der Waals surface area contributed by atoms with Crippen LogP contribution < -0.4 is 5.32 Å². The molecule has 1 rings (SSSR count). The standard InChI is InChI=1S/C10H17Cl2NO3/c1-2-4-10(11,12)9(14)13-7-8-15-5-3-6-16-8/h8H,2-7H2,1H3,(H,13,14). The fourth-order valence-electron chi connectivity index (χ4n) is 1.39. The largest absolute Gasteiger partial charge is 0.351 e. The molecule has 0 aromatic carbocycles. The first-order chi connectivity index (χ1) is 7.56. The number of carbonyl (C=O) groups excluding carboxylic acids is 1. The van der Waals surface area contributed by atoms with E-state index >= 15 is 0 Å². The molecule has 1 heterocycles. The van der Waals surface area contributed by atoms with Crippen LogP contribution in [0.1, 0.15) is 26.2 Å². The maximum absolute atomic E-state index is 11.6. The zero-order valence-electron chi connectivity index (χ0n) is 9.30. The summed E-state index contributed by atoms with van der Waals surface area (Å²) in [6, 6.07) is 0. The lowest BCUT2D eigenvalue weighted by Gasteiger charge is -2.25. The molecule has 1 aliphatic heterocycles. The highest BCUT2D eigenvalue weighted by molar-refractivity contribution is 6.58. The molecule has 1 saturated heterocycles. The van der Waals surface area contributed by atoms with Gasteiger partial charge in [0.1, 0.15) is 0 Å². The van der Waals surface area contributed by atoms with E-state index in [9.17, 15) is 4.79 Å². The summed E-state index contributed by atoms with van der Waals surface area (Å²) >= 11 is 11.8. The highest BCUT2D eigenvalue weighted by atomic mass is 35.5. The van der Waals surface area contributed by atoms with Gasteiger partial charge in [0.25, 0.3) is 5.91 Å². The molecule has 4 nitrogen and oxygen atoms in total. The first kappa shape index (κ1) is 14.0. The summed E-state index contributed by atoms with van der Waals surface area (Å²) in [5.74, 6) is -0.393. The number of alkyl halides is 2. The lowest BCUT2D eigenvalue weighted by molar-refractivity contribution is -0.176. The Morgan fingerprint density at radius 3 is 2.62 bits per heavy atom. The number of rotatable bonds is 5. The summed E-state index contributed by atoms with van der Waals surface area (Å²) in [4.78, 5) is 11.6. The Morgan fingerprint density at radius 2 is 2.06 bits per heavy atom. The predicted octanol–water partition coefficient (Wildman–Crippen LogP) is 1.84. The number of nitrogens with one attached hydrogen (secondary N) is 1. The minimum atomic E-state index is -1.36. The van der Waals surface area contributed by atoms with Gasteiger partial charge in [-0.1, -0.05) is 36.5 Å². The molecule has 0 bridgehead atoms. The van der Waals surface area contributed by atoms with Crippen LogP contribution >= 0.6 is 23.2 Å². The topological polar surface area (TPSA) is 47.6 Å². The van der Waals surface area contributed by atoms with Crippen LogP contribution in [-0.2, 0) is 14.3 Å². The molecule has 1 N–H and O–H groups in total. The molecule has 6 heteroatoms. The second kappa shape index (κ2) is 6.64. The van der Waals surface area contributed by atoms with Gasteiger partial charge in [0.2, 0.25) is 0 Å². The van der Waals surface area contributed by atoms with Crippen molar-refractivity contribution in [1.29, 1.82) is 0 Å². The smallest absolute Gasteiger partial charge is 0.256 e. The van der Waals surface area contributed by atoms with E-state index in [1.807, 2.05) is 6.92 Å². The summed E-state index contributed by atoms with van der Waals surface area (Å²) in [5, 5.41) is 2.62. The van der Waals surface area contributed by atoms with Crippen molar-refractivity contribution >= 4 is 29.1 Å². The lowest BCUT2D eigenvalue weighted by Crippen LogP contribution is -2.44. The molecule has 1 amide bonds. The van der Waals surface area contributed by atoms with Crippen molar-refractivity contribution in [2.45, 2.75) is 36.8 Å². The molecule has 0 spiro atoms. The van der Waals surface area contributed by atoms with E-state index in [1.165, 1.54) is 0 Å². The van der Waals surface area contributed by atoms with Gasteiger partial charge in [0, 0.05) is 0 Å². The third kappa shape index (κ3) is 4.45. The fraction of sp³-hybridized carbons (Fsp3) is 0.900. The van der Waals surface area contributed by atoms with Crippen LogP contribution in [0, 0.1) is 0 Å². The zero-order chi connectivity index (χ0) is 12.0. The Morgan fingerprint density at radius 1 is 1.44 bits per heavy atom. The molecular weight excluding hydrogens is 253 g/mol. The molecule has 94 valence electrons. The molecule has 0 aliphatic carbocycles. The van der Waals surface area contributed by atoms with Crippen LogP contribution in [-0.4, -0.2) is 36.3 Å². The van der Waals surface area contributed by atoms with E-state index in [4.69, 9.17) is 32.7 Å². The van der Waals surface area contributed by atoms with Gasteiger partial charge in [-0.25, -0.2) is 0 Å². The van der Waals surface area contributed by atoms with Gasteiger partial charge in [-0.05, 0) is 12.8 Å². The van der Waals surface area contributed by atoms with Crippen molar-refractivity contribution in [3.63, 3.8) is 0 Å². The normalized spacial score (nSPS) is 18.4. The van der Waals surface area contributed by atoms with Gasteiger partial charge in [0.15, 0.2) is 10.6 Å². The molecule has 0 radical (unpaired) electrons. The third-order valence-electron chi connectivity index (χ3n) is 2.22. The van der Waals surface area contributed by atoms with E-state index in [1.54, 1.807) is 0 Å². The van der Waals surface area contributed by atoms with Crippen LogP contribution in [0.5, 0.6) is 0 Å². The van der Waals surface area contributed by atoms with Crippen molar-refractivity contribution < 1.29 is 14.3 Å². The van der Waals surface area contributed by atoms with Crippen molar-refractivity contribution in [1.82, 2.24) is 5.32 Å². The molecule has 0 atom stereocenters. The van der Waals surface area contributed by atoms with Crippen LogP contribution in [0.25, 0.3) is 0 Å². The average molecular weight is 270 g/mol. The number of amides is 1. The van der Waals surface area contributed by atoms with Crippen LogP contribution in [0.2, 0.25) is 0 Å². The van der Waals surface area contributed by atoms with Crippen molar-refractivity contribution in [3.05, 3.63) is 0 Å². The number of halogens is 2. The molecule has 0 saturated carbocycles. The van der Waals surface area contributed by atoms with Gasteiger partial charge in [-0.3, -0.25) is 4.79 Å². The zero-order valence-corrected chi connectivity index (χ0v) is 10.8. The second-order valence-corrected chi connectivity index (χ2v) is 5.17. The quantitative estimate of drug-likeness (QED) is 0.775. The molecule has 1 fully saturated rings. The monoisotopic (exact) mass is 269 g/mol.